The Hall–Kier alpha value is -2.64. The molecule has 28 heavy (non-hydrogen) atoms. The lowest BCUT2D eigenvalue weighted by molar-refractivity contribution is 0.102. The number of nitrogens with zero attached hydrogens (tertiary/aromatic N) is 1. The molecule has 1 aliphatic rings. The van der Waals surface area contributed by atoms with E-state index in [0.717, 1.165) is 10.0 Å². The SMILES string of the molecule is O=C(Nc1ccc(Br)cc1)c1ccc2c(c1)CCN2S(=O)(=O)c1ccccc1. The van der Waals surface area contributed by atoms with Gasteiger partial charge in [-0.05, 0) is 66.6 Å². The lowest BCUT2D eigenvalue weighted by Crippen LogP contribution is -2.29. The van der Waals surface area contributed by atoms with Crippen LogP contribution in [0.3, 0.4) is 0 Å². The number of rotatable bonds is 4. The van der Waals surface area contributed by atoms with Crippen molar-refractivity contribution < 1.29 is 13.2 Å². The van der Waals surface area contributed by atoms with Gasteiger partial charge in [0.05, 0.1) is 10.6 Å². The van der Waals surface area contributed by atoms with Gasteiger partial charge in [0.15, 0.2) is 0 Å². The molecule has 142 valence electrons. The normalized spacial score (nSPS) is 13.2. The molecule has 0 fully saturated rings. The van der Waals surface area contributed by atoms with Crippen molar-refractivity contribution in [2.45, 2.75) is 11.3 Å². The van der Waals surface area contributed by atoms with Crippen LogP contribution in [0.4, 0.5) is 11.4 Å². The van der Waals surface area contributed by atoms with E-state index in [1.54, 1.807) is 48.5 Å². The van der Waals surface area contributed by atoms with Crippen molar-refractivity contribution >= 4 is 43.2 Å². The zero-order valence-electron chi connectivity index (χ0n) is 14.8. The van der Waals surface area contributed by atoms with Gasteiger partial charge in [-0.2, -0.15) is 0 Å². The van der Waals surface area contributed by atoms with Crippen molar-refractivity contribution in [1.82, 2.24) is 0 Å². The van der Waals surface area contributed by atoms with E-state index in [1.807, 2.05) is 24.3 Å². The number of carbonyl (C=O) groups excluding carboxylic acids is 1. The van der Waals surface area contributed by atoms with Crippen molar-refractivity contribution in [1.29, 1.82) is 0 Å². The van der Waals surface area contributed by atoms with Gasteiger partial charge >= 0.3 is 0 Å². The van der Waals surface area contributed by atoms with Gasteiger partial charge in [-0.1, -0.05) is 34.1 Å². The van der Waals surface area contributed by atoms with Gasteiger partial charge in [-0.15, -0.1) is 0 Å². The topological polar surface area (TPSA) is 66.5 Å². The summed E-state index contributed by atoms with van der Waals surface area (Å²) in [7, 11) is -3.61. The molecule has 0 aliphatic carbocycles. The first-order valence-electron chi connectivity index (χ1n) is 8.73. The number of benzene rings is 3. The molecule has 0 saturated carbocycles. The Labute approximate surface area is 172 Å². The Morgan fingerprint density at radius 1 is 0.964 bits per heavy atom. The third kappa shape index (κ3) is 3.55. The largest absolute Gasteiger partial charge is 0.322 e. The van der Waals surface area contributed by atoms with Crippen LogP contribution in [0.1, 0.15) is 15.9 Å². The molecule has 5 nitrogen and oxygen atoms in total. The first-order valence-corrected chi connectivity index (χ1v) is 11.0. The van der Waals surface area contributed by atoms with E-state index in [-0.39, 0.29) is 10.8 Å². The molecular formula is C21H17BrN2O3S. The first-order chi connectivity index (χ1) is 13.4. The fourth-order valence-corrected chi connectivity index (χ4v) is 5.01. The van der Waals surface area contributed by atoms with Crippen LogP contribution in [0.2, 0.25) is 0 Å². The van der Waals surface area contributed by atoms with Gasteiger partial charge in [0, 0.05) is 22.3 Å². The lowest BCUT2D eigenvalue weighted by atomic mass is 10.1. The number of hydrogen-bond acceptors (Lipinski definition) is 3. The second kappa shape index (κ2) is 7.41. The molecule has 4 rings (SSSR count). The molecule has 0 spiro atoms. The molecule has 1 N–H and O–H groups in total. The second-order valence-electron chi connectivity index (χ2n) is 6.44. The van der Waals surface area contributed by atoms with Crippen LogP contribution in [0, 0.1) is 0 Å². The zero-order valence-corrected chi connectivity index (χ0v) is 17.2. The van der Waals surface area contributed by atoms with Gasteiger partial charge < -0.3 is 5.32 Å². The van der Waals surface area contributed by atoms with Crippen LogP contribution in [0.25, 0.3) is 0 Å². The maximum absolute atomic E-state index is 12.9. The van der Waals surface area contributed by atoms with Crippen molar-refractivity contribution in [2.24, 2.45) is 0 Å². The summed E-state index contributed by atoms with van der Waals surface area (Å²) in [4.78, 5) is 12.8. The maximum Gasteiger partial charge on any atom is 0.264 e. The number of fused-ring (bicyclic) bond motifs is 1. The molecule has 0 saturated heterocycles. The Bertz CT molecular complexity index is 1130. The highest BCUT2D eigenvalue weighted by Crippen LogP contribution is 2.33. The van der Waals surface area contributed by atoms with E-state index < -0.39 is 10.0 Å². The van der Waals surface area contributed by atoms with Gasteiger partial charge in [0.2, 0.25) is 0 Å². The highest BCUT2D eigenvalue weighted by molar-refractivity contribution is 9.10. The van der Waals surface area contributed by atoms with Crippen molar-refractivity contribution in [3.63, 3.8) is 0 Å². The average molecular weight is 457 g/mol. The van der Waals surface area contributed by atoms with Gasteiger partial charge in [0.1, 0.15) is 0 Å². The first kappa shape index (κ1) is 18.7. The summed E-state index contributed by atoms with van der Waals surface area (Å²) >= 11 is 3.36. The maximum atomic E-state index is 12.9. The van der Waals surface area contributed by atoms with E-state index in [2.05, 4.69) is 21.2 Å². The summed E-state index contributed by atoms with van der Waals surface area (Å²) < 4.78 is 28.2. The number of hydrogen-bond donors (Lipinski definition) is 1. The fraction of sp³-hybridized carbons (Fsp3) is 0.0952. The molecular weight excluding hydrogens is 440 g/mol. The number of nitrogens with one attached hydrogen (secondary N) is 1. The van der Waals surface area contributed by atoms with Crippen LogP contribution >= 0.6 is 15.9 Å². The zero-order chi connectivity index (χ0) is 19.7. The van der Waals surface area contributed by atoms with Crippen LogP contribution in [0.15, 0.2) is 82.2 Å². The minimum absolute atomic E-state index is 0.227. The van der Waals surface area contributed by atoms with Crippen LogP contribution in [-0.2, 0) is 16.4 Å². The molecule has 0 radical (unpaired) electrons. The van der Waals surface area contributed by atoms with E-state index in [9.17, 15) is 13.2 Å². The molecule has 3 aromatic carbocycles. The minimum atomic E-state index is -3.61. The summed E-state index contributed by atoms with van der Waals surface area (Å²) in [5, 5.41) is 2.85. The van der Waals surface area contributed by atoms with Gasteiger partial charge in [-0.3, -0.25) is 9.10 Å². The Balaban J connectivity index is 1.58. The number of halogens is 1. The molecule has 3 aromatic rings. The Kier molecular flexibility index (Phi) is 4.95. The molecule has 0 bridgehead atoms. The van der Waals surface area contributed by atoms with Crippen LogP contribution < -0.4 is 9.62 Å². The second-order valence-corrected chi connectivity index (χ2v) is 9.22. The molecule has 1 amide bonds. The standard InChI is InChI=1S/C21H17BrN2O3S/c22-17-7-9-18(10-8-17)23-21(25)16-6-11-20-15(14-16)12-13-24(20)28(26,27)19-4-2-1-3-5-19/h1-11,14H,12-13H2,(H,23,25). The molecule has 1 aliphatic heterocycles. The number of carbonyl (C=O) groups is 1. The highest BCUT2D eigenvalue weighted by atomic mass is 79.9. The third-order valence-electron chi connectivity index (χ3n) is 4.63. The van der Waals surface area contributed by atoms with Gasteiger partial charge in [-0.25, -0.2) is 8.42 Å². The van der Waals surface area contributed by atoms with Crippen LogP contribution in [0.5, 0.6) is 0 Å². The number of sulfonamides is 1. The number of anilines is 2. The predicted molar refractivity (Wildman–Crippen MR) is 113 cm³/mol. The Morgan fingerprint density at radius 2 is 1.68 bits per heavy atom. The van der Waals surface area contributed by atoms with Crippen molar-refractivity contribution in [2.75, 3.05) is 16.2 Å². The summed E-state index contributed by atoms with van der Waals surface area (Å²) in [5.74, 6) is -0.227. The molecule has 7 heteroatoms. The smallest absolute Gasteiger partial charge is 0.264 e. The van der Waals surface area contributed by atoms with E-state index in [0.29, 0.717) is 29.9 Å². The van der Waals surface area contributed by atoms with Crippen molar-refractivity contribution in [3.8, 4) is 0 Å². The highest BCUT2D eigenvalue weighted by Gasteiger charge is 2.31. The Morgan fingerprint density at radius 3 is 2.39 bits per heavy atom. The number of amides is 1. The summed E-state index contributed by atoms with van der Waals surface area (Å²) in [6.07, 6.45) is 0.570. The van der Waals surface area contributed by atoms with Crippen molar-refractivity contribution in [3.05, 3.63) is 88.4 Å². The molecule has 0 aromatic heterocycles. The molecule has 0 unspecified atom stereocenters. The summed E-state index contributed by atoms with van der Waals surface area (Å²) in [5.41, 5.74) is 2.68. The minimum Gasteiger partial charge on any atom is -0.322 e. The quantitative estimate of drug-likeness (QED) is 0.630. The monoisotopic (exact) mass is 456 g/mol. The van der Waals surface area contributed by atoms with E-state index >= 15 is 0 Å². The van der Waals surface area contributed by atoms with E-state index in [1.165, 1.54) is 4.31 Å². The third-order valence-corrected chi connectivity index (χ3v) is 6.98. The molecule has 0 atom stereocenters. The predicted octanol–water partition coefficient (Wildman–Crippen LogP) is 4.45. The summed E-state index contributed by atoms with van der Waals surface area (Å²) in [6, 6.07) is 20.8. The summed E-state index contributed by atoms with van der Waals surface area (Å²) in [6.45, 7) is 0.365. The lowest BCUT2D eigenvalue weighted by Gasteiger charge is -2.19. The fourth-order valence-electron chi connectivity index (χ4n) is 3.22. The van der Waals surface area contributed by atoms with Crippen LogP contribution in [-0.4, -0.2) is 20.9 Å². The average Bonchev–Trinajstić information content (AvgIpc) is 3.14. The molecule has 1 heterocycles. The van der Waals surface area contributed by atoms with Gasteiger partial charge in [0.25, 0.3) is 15.9 Å². The van der Waals surface area contributed by atoms with E-state index in [4.69, 9.17) is 0 Å².